The van der Waals surface area contributed by atoms with Crippen LogP contribution >= 0.6 is 11.3 Å². The highest BCUT2D eigenvalue weighted by atomic mass is 32.1. The molecule has 0 spiro atoms. The zero-order chi connectivity index (χ0) is 16.9. The molecule has 0 radical (unpaired) electrons. The van der Waals surface area contributed by atoms with Crippen molar-refractivity contribution < 1.29 is 14.3 Å². The van der Waals surface area contributed by atoms with Gasteiger partial charge in [-0.05, 0) is 12.1 Å². The third kappa shape index (κ3) is 3.33. The van der Waals surface area contributed by atoms with Crippen LogP contribution in [0.25, 0.3) is 11.3 Å². The molecule has 122 valence electrons. The summed E-state index contributed by atoms with van der Waals surface area (Å²) in [6.45, 7) is 0. The predicted molar refractivity (Wildman–Crippen MR) is 90.6 cm³/mol. The number of amides is 1. The van der Waals surface area contributed by atoms with Crippen molar-refractivity contribution in [2.75, 3.05) is 19.5 Å². The van der Waals surface area contributed by atoms with Gasteiger partial charge in [-0.2, -0.15) is 0 Å². The molecular formula is C16H14N4O3S. The zero-order valence-electron chi connectivity index (χ0n) is 13.0. The van der Waals surface area contributed by atoms with Gasteiger partial charge in [0.05, 0.1) is 26.1 Å². The summed E-state index contributed by atoms with van der Waals surface area (Å²) in [7, 11) is 3.18. The fourth-order valence-corrected chi connectivity index (χ4v) is 2.75. The average molecular weight is 342 g/mol. The number of aromatic nitrogens is 3. The van der Waals surface area contributed by atoms with E-state index < -0.39 is 0 Å². The second kappa shape index (κ2) is 7.05. The van der Waals surface area contributed by atoms with Crippen LogP contribution in [-0.2, 0) is 0 Å². The molecule has 0 bridgehead atoms. The third-order valence-electron chi connectivity index (χ3n) is 3.21. The van der Waals surface area contributed by atoms with Crippen LogP contribution in [0.1, 0.15) is 10.5 Å². The Balaban J connectivity index is 1.82. The average Bonchev–Trinajstić information content (AvgIpc) is 3.10. The molecule has 0 atom stereocenters. The maximum Gasteiger partial charge on any atom is 0.277 e. The van der Waals surface area contributed by atoms with E-state index >= 15 is 0 Å². The van der Waals surface area contributed by atoms with Gasteiger partial charge in [-0.3, -0.25) is 15.1 Å². The molecule has 1 amide bonds. The summed E-state index contributed by atoms with van der Waals surface area (Å²) < 4.78 is 10.6. The lowest BCUT2D eigenvalue weighted by Crippen LogP contribution is -2.13. The van der Waals surface area contributed by atoms with Crippen LogP contribution < -0.4 is 14.8 Å². The van der Waals surface area contributed by atoms with Crippen LogP contribution in [0.5, 0.6) is 11.5 Å². The molecule has 7 nitrogen and oxygen atoms in total. The van der Waals surface area contributed by atoms with Crippen LogP contribution in [0, 0.1) is 0 Å². The van der Waals surface area contributed by atoms with E-state index in [9.17, 15) is 4.79 Å². The lowest BCUT2D eigenvalue weighted by atomic mass is 10.1. The van der Waals surface area contributed by atoms with E-state index in [-0.39, 0.29) is 11.6 Å². The van der Waals surface area contributed by atoms with Crippen molar-refractivity contribution in [3.8, 4) is 22.8 Å². The summed E-state index contributed by atoms with van der Waals surface area (Å²) in [6, 6.07) is 5.47. The summed E-state index contributed by atoms with van der Waals surface area (Å²) in [5.41, 5.74) is 1.75. The first-order valence-corrected chi connectivity index (χ1v) is 7.84. The van der Waals surface area contributed by atoms with Gasteiger partial charge < -0.3 is 9.47 Å². The Hall–Kier alpha value is -3.00. The molecule has 0 aliphatic heterocycles. The standard InChI is InChI=1S/C16H14N4O3S/c1-22-10-3-4-11(14(7-10)23-2)13-9-24-16(19-13)20-15(21)12-8-17-5-6-18-12/h3-9H,1-2H3,(H,19,20,21). The van der Waals surface area contributed by atoms with Crippen LogP contribution in [0.4, 0.5) is 5.13 Å². The topological polar surface area (TPSA) is 86.2 Å². The minimum atomic E-state index is -0.356. The number of ether oxygens (including phenoxy) is 2. The highest BCUT2D eigenvalue weighted by Gasteiger charge is 2.14. The lowest BCUT2D eigenvalue weighted by Gasteiger charge is -2.08. The lowest BCUT2D eigenvalue weighted by molar-refractivity contribution is 0.102. The first kappa shape index (κ1) is 15.9. The van der Waals surface area contributed by atoms with Gasteiger partial charge >= 0.3 is 0 Å². The van der Waals surface area contributed by atoms with Crippen molar-refractivity contribution in [1.29, 1.82) is 0 Å². The van der Waals surface area contributed by atoms with Gasteiger partial charge in [0.25, 0.3) is 5.91 Å². The molecule has 0 aliphatic carbocycles. The Labute approximate surface area is 142 Å². The van der Waals surface area contributed by atoms with Crippen molar-refractivity contribution in [3.05, 3.63) is 47.9 Å². The van der Waals surface area contributed by atoms with Gasteiger partial charge in [0.2, 0.25) is 0 Å². The van der Waals surface area contributed by atoms with E-state index in [2.05, 4.69) is 20.3 Å². The summed E-state index contributed by atoms with van der Waals surface area (Å²) in [5, 5.41) is 5.02. The van der Waals surface area contributed by atoms with Gasteiger partial charge in [-0.1, -0.05) is 0 Å². The Bertz CT molecular complexity index is 852. The number of methoxy groups -OCH3 is 2. The molecule has 1 N–H and O–H groups in total. The normalized spacial score (nSPS) is 10.2. The molecule has 2 heterocycles. The smallest absolute Gasteiger partial charge is 0.277 e. The highest BCUT2D eigenvalue weighted by Crippen LogP contribution is 2.34. The maximum atomic E-state index is 12.1. The predicted octanol–water partition coefficient (Wildman–Crippen LogP) is 2.87. The second-order valence-corrected chi connectivity index (χ2v) is 5.51. The minimum absolute atomic E-state index is 0.233. The van der Waals surface area contributed by atoms with Crippen molar-refractivity contribution in [2.24, 2.45) is 0 Å². The molecule has 1 aromatic carbocycles. The molecule has 2 aromatic heterocycles. The van der Waals surface area contributed by atoms with Gasteiger partial charge in [0.15, 0.2) is 5.13 Å². The molecule has 8 heteroatoms. The molecule has 0 saturated carbocycles. The van der Waals surface area contributed by atoms with Gasteiger partial charge in [-0.25, -0.2) is 9.97 Å². The third-order valence-corrected chi connectivity index (χ3v) is 3.96. The number of hydrogen-bond donors (Lipinski definition) is 1. The first-order valence-electron chi connectivity index (χ1n) is 6.96. The molecule has 3 rings (SSSR count). The summed E-state index contributed by atoms with van der Waals surface area (Å²) in [5.74, 6) is 0.985. The molecule has 0 saturated heterocycles. The number of rotatable bonds is 5. The fourth-order valence-electron chi connectivity index (χ4n) is 2.04. The number of benzene rings is 1. The summed E-state index contributed by atoms with van der Waals surface area (Å²) in [6.07, 6.45) is 4.37. The maximum absolute atomic E-state index is 12.1. The van der Waals surface area contributed by atoms with Crippen molar-refractivity contribution in [3.63, 3.8) is 0 Å². The number of thiazole rings is 1. The van der Waals surface area contributed by atoms with Crippen molar-refractivity contribution >= 4 is 22.4 Å². The quantitative estimate of drug-likeness (QED) is 0.767. The first-order chi connectivity index (χ1) is 11.7. The largest absolute Gasteiger partial charge is 0.497 e. The van der Waals surface area contributed by atoms with E-state index in [1.165, 1.54) is 29.9 Å². The number of nitrogens with one attached hydrogen (secondary N) is 1. The number of carbonyl (C=O) groups excluding carboxylic acids is 1. The van der Waals surface area contributed by atoms with Crippen LogP contribution in [0.15, 0.2) is 42.2 Å². The number of anilines is 1. The fraction of sp³-hybridized carbons (Fsp3) is 0.125. The summed E-state index contributed by atoms with van der Waals surface area (Å²) in [4.78, 5) is 24.3. The molecule has 0 fully saturated rings. The number of hydrogen-bond acceptors (Lipinski definition) is 7. The molecule has 3 aromatic rings. The monoisotopic (exact) mass is 342 g/mol. The Morgan fingerprint density at radius 1 is 1.21 bits per heavy atom. The SMILES string of the molecule is COc1ccc(-c2csc(NC(=O)c3cnccn3)n2)c(OC)c1. The van der Waals surface area contributed by atoms with Gasteiger partial charge in [-0.15, -0.1) is 11.3 Å². The van der Waals surface area contributed by atoms with Crippen molar-refractivity contribution in [2.45, 2.75) is 0 Å². The second-order valence-electron chi connectivity index (χ2n) is 4.65. The highest BCUT2D eigenvalue weighted by molar-refractivity contribution is 7.14. The van der Waals surface area contributed by atoms with Gasteiger partial charge in [0.1, 0.15) is 17.2 Å². The minimum Gasteiger partial charge on any atom is -0.497 e. The Morgan fingerprint density at radius 2 is 2.08 bits per heavy atom. The molecule has 24 heavy (non-hydrogen) atoms. The molecule has 0 aliphatic rings. The number of carbonyl (C=O) groups is 1. The van der Waals surface area contributed by atoms with E-state index in [4.69, 9.17) is 9.47 Å². The molecule has 0 unspecified atom stereocenters. The van der Waals surface area contributed by atoms with Crippen LogP contribution in [0.2, 0.25) is 0 Å². The molecular weight excluding hydrogens is 328 g/mol. The summed E-state index contributed by atoms with van der Waals surface area (Å²) >= 11 is 1.32. The Kier molecular flexibility index (Phi) is 4.66. The van der Waals surface area contributed by atoms with E-state index in [1.54, 1.807) is 20.3 Å². The van der Waals surface area contributed by atoms with Crippen molar-refractivity contribution in [1.82, 2.24) is 15.0 Å². The van der Waals surface area contributed by atoms with Crippen LogP contribution in [-0.4, -0.2) is 35.1 Å². The van der Waals surface area contributed by atoms with E-state index in [0.717, 1.165) is 5.56 Å². The number of nitrogens with zero attached hydrogens (tertiary/aromatic N) is 3. The van der Waals surface area contributed by atoms with E-state index in [0.29, 0.717) is 22.3 Å². The van der Waals surface area contributed by atoms with Crippen LogP contribution in [0.3, 0.4) is 0 Å². The Morgan fingerprint density at radius 3 is 2.79 bits per heavy atom. The van der Waals surface area contributed by atoms with Gasteiger partial charge in [0, 0.05) is 29.4 Å². The zero-order valence-corrected chi connectivity index (χ0v) is 13.8. The van der Waals surface area contributed by atoms with E-state index in [1.807, 2.05) is 17.5 Å².